The third-order valence-corrected chi connectivity index (χ3v) is 1.90. The van der Waals surface area contributed by atoms with Crippen LogP contribution in [0.25, 0.3) is 11.0 Å². The van der Waals surface area contributed by atoms with E-state index >= 15 is 0 Å². The van der Waals surface area contributed by atoms with E-state index in [0.717, 1.165) is 6.07 Å². The van der Waals surface area contributed by atoms with Crippen LogP contribution in [0.1, 0.15) is 19.7 Å². The number of hydrogen-bond acceptors (Lipinski definition) is 2. The van der Waals surface area contributed by atoms with Gasteiger partial charge in [-0.05, 0) is 19.1 Å². The zero-order valence-electron chi connectivity index (χ0n) is 10.0. The maximum absolute atomic E-state index is 13.5. The number of aryl methyl sites for hydroxylation is 1. The molecule has 1 heterocycles. The first-order chi connectivity index (χ1) is 8.37. The molecule has 0 unspecified atom stereocenters. The second-order valence-electron chi connectivity index (χ2n) is 3.14. The summed E-state index contributed by atoms with van der Waals surface area (Å²) in [4.78, 5) is 6.43. The van der Waals surface area contributed by atoms with Crippen molar-refractivity contribution in [2.75, 3.05) is 0 Å². The molecule has 0 spiro atoms. The molecule has 7 heteroatoms. The number of imidazole rings is 1. The number of aromatic nitrogens is 2. The Balaban J connectivity index is 0.000000771. The van der Waals surface area contributed by atoms with Crippen LogP contribution in [0, 0.1) is 12.7 Å². The fraction of sp³-hybridized carbons (Fsp3) is 0.364. The monoisotopic (exact) mass is 264 g/mol. The number of benzene rings is 1. The van der Waals surface area contributed by atoms with Crippen LogP contribution in [-0.2, 0) is 0 Å². The zero-order chi connectivity index (χ0) is 13.9. The molecule has 0 fully saturated rings. The van der Waals surface area contributed by atoms with Crippen LogP contribution >= 0.6 is 0 Å². The van der Waals surface area contributed by atoms with Gasteiger partial charge in [0, 0.05) is 0 Å². The number of aromatic amines is 1. The van der Waals surface area contributed by atoms with E-state index in [2.05, 4.69) is 14.7 Å². The first kappa shape index (κ1) is 14.3. The molecule has 0 aliphatic carbocycles. The summed E-state index contributed by atoms with van der Waals surface area (Å²) in [6.45, 7) is 5.57. The van der Waals surface area contributed by atoms with Gasteiger partial charge in [-0.25, -0.2) is 9.37 Å². The third-order valence-electron chi connectivity index (χ3n) is 1.90. The van der Waals surface area contributed by atoms with E-state index in [0.29, 0.717) is 11.3 Å². The fourth-order valence-electron chi connectivity index (χ4n) is 1.35. The number of nitrogens with one attached hydrogen (secondary N) is 1. The van der Waals surface area contributed by atoms with Crippen LogP contribution in [0.15, 0.2) is 12.1 Å². The molecule has 2 aromatic rings. The van der Waals surface area contributed by atoms with Gasteiger partial charge in [0.2, 0.25) is 0 Å². The molecular formula is C11H12F4N2O. The Morgan fingerprint density at radius 1 is 1.22 bits per heavy atom. The van der Waals surface area contributed by atoms with Crippen LogP contribution in [0.2, 0.25) is 0 Å². The highest BCUT2D eigenvalue weighted by atomic mass is 19.4. The number of H-pyrrole nitrogens is 1. The molecule has 0 saturated heterocycles. The molecule has 0 aliphatic heterocycles. The van der Waals surface area contributed by atoms with E-state index in [1.807, 2.05) is 13.8 Å². The van der Waals surface area contributed by atoms with Gasteiger partial charge < -0.3 is 9.72 Å². The number of nitrogens with zero attached hydrogens (tertiary/aromatic N) is 1. The number of fused-ring (bicyclic) bond motifs is 1. The topological polar surface area (TPSA) is 37.9 Å². The Labute approximate surface area is 101 Å². The maximum Gasteiger partial charge on any atom is 0.573 e. The van der Waals surface area contributed by atoms with Gasteiger partial charge in [0.15, 0.2) is 11.6 Å². The smallest absolute Gasteiger partial charge is 0.403 e. The van der Waals surface area contributed by atoms with E-state index < -0.39 is 17.9 Å². The molecule has 1 aromatic heterocycles. The van der Waals surface area contributed by atoms with Crippen molar-refractivity contribution in [2.45, 2.75) is 27.1 Å². The van der Waals surface area contributed by atoms with Gasteiger partial charge >= 0.3 is 6.36 Å². The average Bonchev–Trinajstić information content (AvgIpc) is 2.65. The molecule has 0 saturated carbocycles. The van der Waals surface area contributed by atoms with Gasteiger partial charge in [0.05, 0.1) is 5.52 Å². The summed E-state index contributed by atoms with van der Waals surface area (Å²) in [5.41, 5.74) is 0.156. The van der Waals surface area contributed by atoms with Crippen molar-refractivity contribution < 1.29 is 22.3 Å². The third kappa shape index (κ3) is 3.12. The lowest BCUT2D eigenvalue weighted by atomic mass is 10.3. The minimum atomic E-state index is -4.92. The second-order valence-corrected chi connectivity index (χ2v) is 3.14. The Hall–Kier alpha value is -1.79. The summed E-state index contributed by atoms with van der Waals surface area (Å²) in [6, 6.07) is 2.18. The van der Waals surface area contributed by atoms with Crippen molar-refractivity contribution in [3.63, 3.8) is 0 Å². The first-order valence-corrected chi connectivity index (χ1v) is 5.27. The molecular weight excluding hydrogens is 252 g/mol. The summed E-state index contributed by atoms with van der Waals surface area (Å²) in [5, 5.41) is 0. The van der Waals surface area contributed by atoms with E-state index in [9.17, 15) is 17.6 Å². The molecule has 18 heavy (non-hydrogen) atoms. The second kappa shape index (κ2) is 5.24. The summed E-state index contributed by atoms with van der Waals surface area (Å²) >= 11 is 0. The molecule has 0 amide bonds. The van der Waals surface area contributed by atoms with Crippen molar-refractivity contribution in [2.24, 2.45) is 0 Å². The average molecular weight is 264 g/mol. The van der Waals surface area contributed by atoms with Crippen molar-refractivity contribution in [3.05, 3.63) is 23.8 Å². The maximum atomic E-state index is 13.5. The van der Waals surface area contributed by atoms with E-state index in [1.54, 1.807) is 6.92 Å². The van der Waals surface area contributed by atoms with Crippen LogP contribution in [0.3, 0.4) is 0 Å². The molecule has 0 bridgehead atoms. The Morgan fingerprint density at radius 3 is 2.39 bits per heavy atom. The summed E-state index contributed by atoms with van der Waals surface area (Å²) in [7, 11) is 0. The van der Waals surface area contributed by atoms with Crippen molar-refractivity contribution in [1.29, 1.82) is 0 Å². The number of alkyl halides is 3. The highest BCUT2D eigenvalue weighted by molar-refractivity contribution is 5.77. The predicted molar refractivity (Wildman–Crippen MR) is 58.8 cm³/mol. The van der Waals surface area contributed by atoms with Gasteiger partial charge in [-0.15, -0.1) is 13.2 Å². The van der Waals surface area contributed by atoms with Crippen LogP contribution in [0.4, 0.5) is 17.6 Å². The highest BCUT2D eigenvalue weighted by Crippen LogP contribution is 2.29. The number of hydrogen-bond donors (Lipinski definition) is 1. The van der Waals surface area contributed by atoms with Gasteiger partial charge in [0.1, 0.15) is 11.3 Å². The standard InChI is InChI=1S/C9H6F4N2O.C2H6/c1-4-14-5-2-3-6(16-9(11,12)13)7(10)8(5)15-4;1-2/h2-3H,1H3,(H,14,15);1-2H3. The van der Waals surface area contributed by atoms with Crippen molar-refractivity contribution in [3.8, 4) is 5.75 Å². The molecule has 1 aromatic carbocycles. The summed E-state index contributed by atoms with van der Waals surface area (Å²) < 4.78 is 52.8. The van der Waals surface area contributed by atoms with E-state index in [4.69, 9.17) is 0 Å². The van der Waals surface area contributed by atoms with Gasteiger partial charge in [-0.3, -0.25) is 0 Å². The molecule has 0 aliphatic rings. The van der Waals surface area contributed by atoms with E-state index in [1.165, 1.54) is 6.07 Å². The van der Waals surface area contributed by atoms with Gasteiger partial charge in [-0.1, -0.05) is 13.8 Å². The fourth-order valence-corrected chi connectivity index (χ4v) is 1.35. The van der Waals surface area contributed by atoms with Crippen LogP contribution in [-0.4, -0.2) is 16.3 Å². The Kier molecular flexibility index (Phi) is 4.15. The Morgan fingerprint density at radius 2 is 1.83 bits per heavy atom. The number of halogens is 4. The lowest BCUT2D eigenvalue weighted by Gasteiger charge is -2.09. The van der Waals surface area contributed by atoms with E-state index in [-0.39, 0.29) is 5.52 Å². The molecule has 3 nitrogen and oxygen atoms in total. The zero-order valence-corrected chi connectivity index (χ0v) is 10.0. The minimum Gasteiger partial charge on any atom is -0.403 e. The minimum absolute atomic E-state index is 0.167. The SMILES string of the molecule is CC.Cc1nc2c(F)c(OC(F)(F)F)ccc2[nH]1. The largest absolute Gasteiger partial charge is 0.573 e. The molecule has 1 N–H and O–H groups in total. The molecule has 100 valence electrons. The molecule has 0 radical (unpaired) electrons. The summed E-state index contributed by atoms with van der Waals surface area (Å²) in [6.07, 6.45) is -4.92. The normalized spacial score (nSPS) is 11.1. The number of rotatable bonds is 1. The lowest BCUT2D eigenvalue weighted by Crippen LogP contribution is -2.18. The first-order valence-electron chi connectivity index (χ1n) is 5.27. The van der Waals surface area contributed by atoms with Gasteiger partial charge in [0.25, 0.3) is 0 Å². The lowest BCUT2D eigenvalue weighted by molar-refractivity contribution is -0.275. The van der Waals surface area contributed by atoms with Crippen LogP contribution in [0.5, 0.6) is 5.75 Å². The Bertz CT molecular complexity index is 534. The van der Waals surface area contributed by atoms with Gasteiger partial charge in [-0.2, -0.15) is 0 Å². The molecule has 0 atom stereocenters. The predicted octanol–water partition coefficient (Wildman–Crippen LogP) is 3.94. The number of ether oxygens (including phenoxy) is 1. The summed E-state index contributed by atoms with van der Waals surface area (Å²) in [5.74, 6) is -1.59. The highest BCUT2D eigenvalue weighted by Gasteiger charge is 2.32. The molecule has 2 rings (SSSR count). The van der Waals surface area contributed by atoms with Crippen LogP contribution < -0.4 is 4.74 Å². The van der Waals surface area contributed by atoms with Crippen molar-refractivity contribution in [1.82, 2.24) is 9.97 Å². The van der Waals surface area contributed by atoms with Crippen molar-refractivity contribution >= 4 is 11.0 Å². The quantitative estimate of drug-likeness (QED) is 0.792.